The van der Waals surface area contributed by atoms with E-state index in [1.54, 1.807) is 22.3 Å². The third-order valence-electron chi connectivity index (χ3n) is 37.8. The van der Waals surface area contributed by atoms with Crippen molar-refractivity contribution in [2.24, 2.45) is 0 Å². The van der Waals surface area contributed by atoms with Crippen molar-refractivity contribution < 1.29 is 8.83 Å². The van der Waals surface area contributed by atoms with Gasteiger partial charge in [0.1, 0.15) is 22.3 Å². The van der Waals surface area contributed by atoms with Gasteiger partial charge in [-0.05, 0) is 335 Å². The average Bonchev–Trinajstić information content (AvgIpc) is 1.51. The first-order chi connectivity index (χ1) is 71.6. The van der Waals surface area contributed by atoms with Crippen molar-refractivity contribution in [3.8, 4) is 122 Å². The molecule has 0 atom stereocenters. The van der Waals surface area contributed by atoms with E-state index >= 15 is 0 Å². The Morgan fingerprint density at radius 1 is 0.216 bits per heavy atom. The molecule has 16 aromatic carbocycles. The number of nitrogens with zero attached hydrogens (tertiary/aromatic N) is 1. The molecule has 0 fully saturated rings. The van der Waals surface area contributed by atoms with Crippen LogP contribution in [0, 0.1) is 0 Å². The van der Waals surface area contributed by atoms with Crippen LogP contribution in [0.3, 0.4) is 0 Å². The van der Waals surface area contributed by atoms with Gasteiger partial charge in [0, 0.05) is 87.6 Å². The normalized spacial score (nSPS) is 15.8. The highest BCUT2D eigenvalue weighted by Crippen LogP contribution is 2.66. The molecule has 2 heterocycles. The minimum atomic E-state index is -0.424. The fraction of sp³-hybridized carbons (Fsp3) is 0.338. The van der Waals surface area contributed by atoms with Gasteiger partial charge in [-0.25, -0.2) is 0 Å². The van der Waals surface area contributed by atoms with Gasteiger partial charge in [-0.15, -0.1) is 0 Å². The number of hydrogen-bond acceptors (Lipinski definition) is 3. The first kappa shape index (κ1) is 95.8. The highest BCUT2D eigenvalue weighted by atomic mass is 16.3. The Morgan fingerprint density at radius 2 is 0.493 bits per heavy atom. The van der Waals surface area contributed by atoms with Crippen molar-refractivity contribution >= 4 is 60.9 Å². The van der Waals surface area contributed by atoms with Crippen LogP contribution in [0.5, 0.6) is 0 Å². The summed E-state index contributed by atoms with van der Waals surface area (Å²) in [4.78, 5) is 2.54. The van der Waals surface area contributed by atoms with Crippen LogP contribution in [0.4, 0.5) is 17.1 Å². The molecule has 0 saturated heterocycles. The summed E-state index contributed by atoms with van der Waals surface area (Å²) in [5.41, 5.74) is 55.3. The van der Waals surface area contributed by atoms with Gasteiger partial charge >= 0.3 is 0 Å². The van der Waals surface area contributed by atoms with Crippen LogP contribution in [0.25, 0.3) is 166 Å². The summed E-state index contributed by atoms with van der Waals surface area (Å²) in [5.74, 6) is 0. The van der Waals surface area contributed by atoms with Gasteiger partial charge in [0.25, 0.3) is 0 Å². The molecule has 7 aliphatic rings. The lowest BCUT2D eigenvalue weighted by Gasteiger charge is -2.33. The SMILES string of the molecule is CCCCCCCC1(CCCCCCC)c2ccccc2-c2ccc(-c3ccc4c(c3)C(C)(C)c3cc(-c5cc6c(c7oc8ccccc8c57)-c5ccc(N(c7ccc(C(C)(C)C)cc7)c7ccc8c(c7)C(C)(C)c7cc9c(cc7-8)C(C)(C)c7cc(-c8ccc%10c(c8)C(C)(C)c8cc(-c%11ccc%12c(c%11)C(CCCCCCC)(CCCCCCC)c%11ccccc%11-%12)ccc8-%10)c8c(oc%10ccccc%108)c7-9)cc5C6(C)C)ccc3-4)cc21. The van der Waals surface area contributed by atoms with Crippen molar-refractivity contribution in [3.05, 3.63) is 375 Å². The monoisotopic (exact) mass is 1930 g/mol. The summed E-state index contributed by atoms with van der Waals surface area (Å²) in [6.45, 7) is 41.0. The summed E-state index contributed by atoms with van der Waals surface area (Å²) in [5, 5.41) is 4.65. The van der Waals surface area contributed by atoms with Crippen molar-refractivity contribution in [1.82, 2.24) is 0 Å². The summed E-state index contributed by atoms with van der Waals surface area (Å²) in [7, 11) is 0. The molecule has 0 spiro atoms. The molecule has 7 aliphatic carbocycles. The number of rotatable bonds is 31. The smallest absolute Gasteiger partial charge is 0.144 e. The van der Waals surface area contributed by atoms with Crippen LogP contribution in [0.15, 0.2) is 300 Å². The molecule has 0 unspecified atom stereocenters. The van der Waals surface area contributed by atoms with Gasteiger partial charge in [-0.1, -0.05) is 428 Å². The fourth-order valence-electron chi connectivity index (χ4n) is 29.5. The van der Waals surface area contributed by atoms with Crippen LogP contribution in [-0.2, 0) is 43.3 Å². The zero-order valence-corrected chi connectivity index (χ0v) is 90.9. The molecule has 25 rings (SSSR count). The minimum absolute atomic E-state index is 0.0196. The number of benzene rings is 16. The van der Waals surface area contributed by atoms with E-state index in [9.17, 15) is 0 Å². The minimum Gasteiger partial charge on any atom is -0.455 e. The summed E-state index contributed by atoms with van der Waals surface area (Å²) in [6.07, 6.45) is 30.8. The first-order valence-electron chi connectivity index (χ1n) is 57.1. The lowest BCUT2D eigenvalue weighted by molar-refractivity contribution is 0.399. The van der Waals surface area contributed by atoms with Crippen LogP contribution in [0.2, 0.25) is 0 Å². The first-order valence-corrected chi connectivity index (χ1v) is 57.1. The molecule has 0 N–H and O–H groups in total. The number of furan rings is 2. The van der Waals surface area contributed by atoms with Gasteiger partial charge in [0.05, 0.1) is 0 Å². The highest BCUT2D eigenvalue weighted by Gasteiger charge is 2.50. The second kappa shape index (κ2) is 36.1. The largest absolute Gasteiger partial charge is 0.455 e. The molecule has 744 valence electrons. The average molecular weight is 1940 g/mol. The van der Waals surface area contributed by atoms with Crippen LogP contribution >= 0.6 is 0 Å². The van der Waals surface area contributed by atoms with Gasteiger partial charge < -0.3 is 13.7 Å². The van der Waals surface area contributed by atoms with Crippen LogP contribution in [0.1, 0.15) is 355 Å². The molecular weight excluding hydrogens is 1790 g/mol. The lowest BCUT2D eigenvalue weighted by atomic mass is 9.70. The second-order valence-corrected chi connectivity index (χ2v) is 49.4. The lowest BCUT2D eigenvalue weighted by Crippen LogP contribution is -2.25. The van der Waals surface area contributed by atoms with Crippen molar-refractivity contribution in [1.29, 1.82) is 0 Å². The molecule has 148 heavy (non-hydrogen) atoms. The Balaban J connectivity index is 0.537. The Labute approximate surface area is 880 Å². The Kier molecular flexibility index (Phi) is 23.4. The third kappa shape index (κ3) is 14.8. The van der Waals surface area contributed by atoms with E-state index in [4.69, 9.17) is 8.83 Å². The van der Waals surface area contributed by atoms with Gasteiger partial charge in [0.15, 0.2) is 0 Å². The Morgan fingerprint density at radius 3 is 0.899 bits per heavy atom. The second-order valence-electron chi connectivity index (χ2n) is 49.4. The van der Waals surface area contributed by atoms with Gasteiger partial charge in [-0.2, -0.15) is 0 Å². The molecule has 0 amide bonds. The fourth-order valence-corrected chi connectivity index (χ4v) is 29.5. The van der Waals surface area contributed by atoms with E-state index in [1.807, 2.05) is 0 Å². The number of para-hydroxylation sites is 2. The quantitative estimate of drug-likeness (QED) is 0.0406. The van der Waals surface area contributed by atoms with Crippen molar-refractivity contribution in [2.75, 3.05) is 4.90 Å². The molecule has 2 aromatic heterocycles. The Bertz CT molecular complexity index is 8380. The molecule has 3 heteroatoms. The standard InChI is InChI=1S/C145H147NO2/c1-18-22-26-30-42-74-144(75-43-31-27-23-19-2)116-50-38-34-46-100(116)106-68-56-92(80-126(106)144)90-54-66-102-104-70-58-94(82-120(104)139(8,9)118(102)78-90)112-86-128-134(136-132(112)110-48-36-40-52-130(110)147-136)109-73-65-99(85-123(109)142(128,14)15)146(97-62-60-96(61-63-97)138(5,6)7)98-64-72-108-114-88-125-115(89-124(114)141(12,13)122(108)84-98)135-129(143(125,16)17)87-113(133-111-49-37-41-53-131(111)148-137(133)135)95-59-71-105-103-67-55-91(79-119(103)140(10,11)121(105)83-95)93-57-69-107-101-47-35-39-51-117(101)145(127(107)81-93,76-44-32-28-24-20-3)77-45-33-29-25-21-4/h34-41,46-73,78-89H,18-33,42-45,74-77H2,1-17H3. The number of unbranched alkanes of at least 4 members (excludes halogenated alkanes) is 16. The topological polar surface area (TPSA) is 29.5 Å². The molecule has 0 bridgehead atoms. The number of anilines is 3. The zero-order valence-electron chi connectivity index (χ0n) is 90.9. The van der Waals surface area contributed by atoms with Crippen molar-refractivity contribution in [2.45, 2.75) is 315 Å². The summed E-state index contributed by atoms with van der Waals surface area (Å²) < 4.78 is 14.8. The van der Waals surface area contributed by atoms with Gasteiger partial charge in [-0.3, -0.25) is 0 Å². The third-order valence-corrected chi connectivity index (χ3v) is 37.8. The number of fused-ring (bicyclic) bond motifs is 29. The van der Waals surface area contributed by atoms with E-state index in [2.05, 4.69) is 414 Å². The molecule has 3 nitrogen and oxygen atoms in total. The summed E-state index contributed by atoms with van der Waals surface area (Å²) >= 11 is 0. The predicted octanol–water partition coefficient (Wildman–Crippen LogP) is 42.4. The summed E-state index contributed by atoms with van der Waals surface area (Å²) in [6, 6.07) is 116. The van der Waals surface area contributed by atoms with E-state index in [1.165, 1.54) is 348 Å². The van der Waals surface area contributed by atoms with Gasteiger partial charge in [0.2, 0.25) is 0 Å². The number of hydrogen-bond donors (Lipinski definition) is 0. The van der Waals surface area contributed by atoms with Crippen LogP contribution < -0.4 is 4.90 Å². The molecular formula is C145H147NO2. The van der Waals surface area contributed by atoms with E-state index in [0.717, 1.165) is 50.2 Å². The molecule has 0 radical (unpaired) electrons. The maximum Gasteiger partial charge on any atom is 0.144 e. The molecule has 0 aliphatic heterocycles. The van der Waals surface area contributed by atoms with E-state index in [-0.39, 0.29) is 37.9 Å². The molecule has 0 saturated carbocycles. The maximum absolute atomic E-state index is 7.44. The highest BCUT2D eigenvalue weighted by molar-refractivity contribution is 6.20. The Hall–Kier alpha value is -13.1. The van der Waals surface area contributed by atoms with E-state index in [0.29, 0.717) is 0 Å². The zero-order chi connectivity index (χ0) is 102. The molecule has 18 aromatic rings. The maximum atomic E-state index is 7.44. The predicted molar refractivity (Wildman–Crippen MR) is 630 cm³/mol. The van der Waals surface area contributed by atoms with Crippen LogP contribution in [-0.4, -0.2) is 0 Å². The van der Waals surface area contributed by atoms with E-state index < -0.39 is 5.41 Å². The van der Waals surface area contributed by atoms with Crippen molar-refractivity contribution in [3.63, 3.8) is 0 Å².